The van der Waals surface area contributed by atoms with Crippen LogP contribution in [-0.4, -0.2) is 39.8 Å². The number of thioether (sulfide) groups is 1. The van der Waals surface area contributed by atoms with Crippen molar-refractivity contribution in [1.82, 2.24) is 10.7 Å². The lowest BCUT2D eigenvalue weighted by atomic mass is 10.6. The lowest BCUT2D eigenvalue weighted by molar-refractivity contribution is -0.323. The summed E-state index contributed by atoms with van der Waals surface area (Å²) in [6.45, 7) is 3.53. The molecule has 1 aliphatic heterocycles. The molecule has 0 aliphatic carbocycles. The number of amidine groups is 1. The number of thiocarbonyl (C=S) groups is 1. The molecule has 0 unspecified atom stereocenters. The summed E-state index contributed by atoms with van der Waals surface area (Å²) in [5, 5.41) is 7.68. The van der Waals surface area contributed by atoms with Crippen molar-refractivity contribution >= 4 is 46.4 Å². The molecule has 16 heavy (non-hydrogen) atoms. The Balaban J connectivity index is 0.00000225. The number of hydrogen-bond donors (Lipinski definition) is 2. The molecule has 88 valence electrons. The van der Waals surface area contributed by atoms with Crippen LogP contribution in [0.3, 0.4) is 0 Å². The van der Waals surface area contributed by atoms with Gasteiger partial charge in [-0.3, -0.25) is 0 Å². The third-order valence-corrected chi connectivity index (χ3v) is 2.77. The van der Waals surface area contributed by atoms with Crippen molar-refractivity contribution in [2.75, 3.05) is 12.8 Å². The zero-order valence-corrected chi connectivity index (χ0v) is 9.82. The van der Waals surface area contributed by atoms with E-state index in [9.17, 15) is 4.79 Å². The Kier molecular flexibility index (Phi) is 6.59. The molecule has 1 amide bonds. The second-order valence-corrected chi connectivity index (χ2v) is 3.87. The Morgan fingerprint density at radius 2 is 2.44 bits per heavy atom. The van der Waals surface area contributed by atoms with Crippen LogP contribution >= 0.6 is 24.0 Å². The Hall–Kier alpha value is -1.21. The zero-order valence-electron chi connectivity index (χ0n) is 8.19. The molecule has 0 saturated carbocycles. The van der Waals surface area contributed by atoms with Crippen LogP contribution in [0.1, 0.15) is 7.43 Å². The van der Waals surface area contributed by atoms with Gasteiger partial charge in [0.05, 0.1) is 11.3 Å². The number of carbonyl (C=O) groups excluding carboxylic acids is 1. The highest BCUT2D eigenvalue weighted by molar-refractivity contribution is 8.14. The maximum absolute atomic E-state index is 11.4. The van der Waals surface area contributed by atoms with E-state index >= 15 is 0 Å². The van der Waals surface area contributed by atoms with Crippen LogP contribution in [0.5, 0.6) is 0 Å². The molecular formula is C9H15N4OS2+. The van der Waals surface area contributed by atoms with Crippen LogP contribution in [0.25, 0.3) is 0 Å². The van der Waals surface area contributed by atoms with Gasteiger partial charge in [0.2, 0.25) is 5.11 Å². The van der Waals surface area contributed by atoms with Crippen molar-refractivity contribution in [3.8, 4) is 0 Å². The van der Waals surface area contributed by atoms with Crippen molar-refractivity contribution in [2.24, 2.45) is 5.10 Å². The van der Waals surface area contributed by atoms with E-state index in [1.807, 2.05) is 0 Å². The van der Waals surface area contributed by atoms with Gasteiger partial charge in [0.25, 0.3) is 0 Å². The molecule has 1 fully saturated rings. The average molecular weight is 259 g/mol. The van der Waals surface area contributed by atoms with Gasteiger partial charge in [-0.1, -0.05) is 14.0 Å². The molecule has 0 atom stereocenters. The first-order valence-electron chi connectivity index (χ1n) is 4.15. The number of carbonyl (C=O) groups is 1. The topological polar surface area (TPSA) is 56.5 Å². The highest BCUT2D eigenvalue weighted by atomic mass is 32.2. The summed E-state index contributed by atoms with van der Waals surface area (Å²) in [6.07, 6.45) is 3.11. The van der Waals surface area contributed by atoms with Gasteiger partial charge in [0, 0.05) is 7.05 Å². The molecule has 1 saturated heterocycles. The van der Waals surface area contributed by atoms with E-state index in [0.717, 1.165) is 0 Å². The van der Waals surface area contributed by atoms with Crippen molar-refractivity contribution in [3.05, 3.63) is 12.7 Å². The Bertz CT molecular complexity index is 363. The van der Waals surface area contributed by atoms with Gasteiger partial charge in [-0.2, -0.15) is 10.0 Å². The second-order valence-electron chi connectivity index (χ2n) is 2.52. The molecule has 0 radical (unpaired) electrons. The normalized spacial score (nSPS) is 19.4. The van der Waals surface area contributed by atoms with Crippen LogP contribution in [0.4, 0.5) is 0 Å². The van der Waals surface area contributed by atoms with Crippen LogP contribution < -0.4 is 10.7 Å². The maximum Gasteiger partial charge on any atom is 0.391 e. The first-order chi connectivity index (χ1) is 7.19. The Morgan fingerprint density at radius 3 is 3.00 bits per heavy atom. The number of nitrogens with one attached hydrogen (secondary N) is 2. The van der Waals surface area contributed by atoms with E-state index in [2.05, 4.69) is 22.4 Å². The van der Waals surface area contributed by atoms with Gasteiger partial charge >= 0.3 is 11.1 Å². The second kappa shape index (κ2) is 7.13. The molecule has 7 heteroatoms. The van der Waals surface area contributed by atoms with Gasteiger partial charge < -0.3 is 5.32 Å². The minimum Gasteiger partial charge on any atom is -0.363 e. The fourth-order valence-electron chi connectivity index (χ4n) is 0.865. The Labute approximate surface area is 105 Å². The molecule has 0 aromatic rings. The molecule has 1 rings (SSSR count). The number of hydrogen-bond acceptors (Lipinski definition) is 4. The zero-order chi connectivity index (χ0) is 11.3. The number of amides is 1. The molecule has 1 aliphatic rings. The fraction of sp³-hybridized carbons (Fsp3) is 0.333. The van der Waals surface area contributed by atoms with Gasteiger partial charge in [-0.05, 0) is 30.1 Å². The van der Waals surface area contributed by atoms with Gasteiger partial charge in [0.1, 0.15) is 5.75 Å². The third-order valence-electron chi connectivity index (χ3n) is 1.53. The quantitative estimate of drug-likeness (QED) is 0.430. The summed E-state index contributed by atoms with van der Waals surface area (Å²) in [4.78, 5) is 11.4. The molecule has 1 heterocycles. The number of nitrogens with zero attached hydrogens (tertiary/aromatic N) is 2. The highest BCUT2D eigenvalue weighted by Gasteiger charge is 2.32. The van der Waals surface area contributed by atoms with Crippen LogP contribution in [0, 0.1) is 0 Å². The molecule has 0 aromatic carbocycles. The lowest BCUT2D eigenvalue weighted by Gasteiger charge is -1.95. The van der Waals surface area contributed by atoms with E-state index in [1.165, 1.54) is 22.4 Å². The molecule has 5 nitrogen and oxygen atoms in total. The van der Waals surface area contributed by atoms with Crippen molar-refractivity contribution in [2.45, 2.75) is 7.43 Å². The lowest BCUT2D eigenvalue weighted by Crippen LogP contribution is -2.30. The molecule has 0 spiro atoms. The van der Waals surface area contributed by atoms with E-state index in [1.54, 1.807) is 13.3 Å². The molecule has 0 aromatic heterocycles. The van der Waals surface area contributed by atoms with Crippen LogP contribution in [0.15, 0.2) is 17.8 Å². The fourth-order valence-corrected chi connectivity index (χ4v) is 1.71. The summed E-state index contributed by atoms with van der Waals surface area (Å²) in [6, 6.07) is 0. The largest absolute Gasteiger partial charge is 0.391 e. The monoisotopic (exact) mass is 259 g/mol. The molecule has 2 N–H and O–H groups in total. The minimum absolute atomic E-state index is 0. The number of hydrazone groups is 1. The minimum atomic E-state index is -0.0178. The van der Waals surface area contributed by atoms with Crippen molar-refractivity contribution < 1.29 is 9.37 Å². The van der Waals surface area contributed by atoms with Crippen LogP contribution in [-0.2, 0) is 4.79 Å². The predicted molar refractivity (Wildman–Crippen MR) is 72.9 cm³/mol. The molecule has 0 bridgehead atoms. The van der Waals surface area contributed by atoms with E-state index in [4.69, 9.17) is 12.2 Å². The van der Waals surface area contributed by atoms with Crippen molar-refractivity contribution in [3.63, 3.8) is 0 Å². The summed E-state index contributed by atoms with van der Waals surface area (Å²) in [5.74, 6) is 0.368. The van der Waals surface area contributed by atoms with Gasteiger partial charge in [0.15, 0.2) is 0 Å². The first kappa shape index (κ1) is 14.8. The summed E-state index contributed by atoms with van der Waals surface area (Å²) in [7, 11) is 1.69. The van der Waals surface area contributed by atoms with E-state index < -0.39 is 0 Å². The van der Waals surface area contributed by atoms with Gasteiger partial charge in [-0.15, -0.1) is 0 Å². The Morgan fingerprint density at radius 1 is 1.75 bits per heavy atom. The third kappa shape index (κ3) is 3.74. The number of allylic oxidation sites excluding steroid dienone is 1. The predicted octanol–water partition coefficient (Wildman–Crippen LogP) is 0.530. The number of rotatable bonds is 2. The summed E-state index contributed by atoms with van der Waals surface area (Å²) >= 11 is 6.20. The first-order valence-corrected chi connectivity index (χ1v) is 5.54. The van der Waals surface area contributed by atoms with Crippen LogP contribution in [0.2, 0.25) is 0 Å². The summed E-state index contributed by atoms with van der Waals surface area (Å²) < 4.78 is 1.43. The van der Waals surface area contributed by atoms with Crippen molar-refractivity contribution in [1.29, 1.82) is 0 Å². The van der Waals surface area contributed by atoms with E-state index in [-0.39, 0.29) is 13.3 Å². The smallest absolute Gasteiger partial charge is 0.363 e. The highest BCUT2D eigenvalue weighted by Crippen LogP contribution is 2.13. The van der Waals surface area contributed by atoms with E-state index in [0.29, 0.717) is 16.0 Å². The molecular weight excluding hydrogens is 244 g/mol. The maximum atomic E-state index is 11.4. The summed E-state index contributed by atoms with van der Waals surface area (Å²) in [5.41, 5.74) is 2.62. The standard InChI is InChI=1S/C8H10N4OS2.CH4/c1-3-4-12-6(13)5-15-8(12)11-10-7(14)9-2;/h3-4H,1,5H2,2H3,(H-,9,10,14);1H4/p+1/b11-8-,12-4+;. The van der Waals surface area contributed by atoms with Gasteiger partial charge in [-0.25, -0.2) is 4.79 Å². The SMILES string of the molecule is C.C=C/C=[N+]1\C(=O)CS\C1=N/NC(=S)NC. The average Bonchev–Trinajstić information content (AvgIpc) is 2.58.